The first-order valence-electron chi connectivity index (χ1n) is 7.23. The highest BCUT2D eigenvalue weighted by Gasteiger charge is 2.19. The minimum Gasteiger partial charge on any atom is -0.399 e. The van der Waals surface area contributed by atoms with Crippen LogP contribution in [0.3, 0.4) is 0 Å². The highest BCUT2D eigenvalue weighted by molar-refractivity contribution is 5.85. The second-order valence-electron chi connectivity index (χ2n) is 5.57. The first-order chi connectivity index (χ1) is 10.1. The zero-order valence-corrected chi connectivity index (χ0v) is 14.7. The second-order valence-corrected chi connectivity index (χ2v) is 5.57. The van der Waals surface area contributed by atoms with E-state index in [4.69, 9.17) is 5.73 Å². The predicted octanol–water partition coefficient (Wildman–Crippen LogP) is 4.10. The third-order valence-corrected chi connectivity index (χ3v) is 3.94. The average molecular weight is 358 g/mol. The van der Waals surface area contributed by atoms with Gasteiger partial charge in [-0.15, -0.1) is 24.8 Å². The summed E-state index contributed by atoms with van der Waals surface area (Å²) >= 11 is 0. The lowest BCUT2D eigenvalue weighted by Crippen LogP contribution is -2.23. The molecule has 0 unspecified atom stereocenters. The number of hydrogen-bond donors (Lipinski definition) is 1. The molecule has 2 N–H and O–H groups in total. The molecule has 0 saturated heterocycles. The van der Waals surface area contributed by atoms with Gasteiger partial charge in [0.25, 0.3) is 0 Å². The number of nitrogens with two attached hydrogens (primary N) is 1. The molecule has 6 heteroatoms. The van der Waals surface area contributed by atoms with Crippen molar-refractivity contribution in [3.8, 4) is 0 Å². The molecule has 0 aromatic heterocycles. The fraction of sp³-hybridized carbons (Fsp3) is 0.294. The minimum atomic E-state index is -0.193. The number of fused-ring (bicyclic) bond motifs is 1. The molecular formula is C17H22Cl2FN3. The molecule has 0 spiro atoms. The molecule has 23 heavy (non-hydrogen) atoms. The summed E-state index contributed by atoms with van der Waals surface area (Å²) in [5, 5.41) is 0. The molecule has 126 valence electrons. The van der Waals surface area contributed by atoms with Crippen LogP contribution in [0.15, 0.2) is 42.5 Å². The molecule has 1 aliphatic heterocycles. The van der Waals surface area contributed by atoms with Gasteiger partial charge in [-0.25, -0.2) is 4.39 Å². The largest absolute Gasteiger partial charge is 0.399 e. The molecule has 1 heterocycles. The van der Waals surface area contributed by atoms with Crippen molar-refractivity contribution in [1.29, 1.82) is 0 Å². The number of benzene rings is 2. The van der Waals surface area contributed by atoms with Crippen LogP contribution < -0.4 is 15.5 Å². The summed E-state index contributed by atoms with van der Waals surface area (Å²) in [6.07, 6.45) is 1.05. The quantitative estimate of drug-likeness (QED) is 0.821. The lowest BCUT2D eigenvalue weighted by atomic mass is 10.1. The van der Waals surface area contributed by atoms with Crippen LogP contribution in [0.4, 0.5) is 21.5 Å². The van der Waals surface area contributed by atoms with E-state index in [2.05, 4.69) is 22.9 Å². The highest BCUT2D eigenvalue weighted by atomic mass is 35.5. The monoisotopic (exact) mass is 357 g/mol. The Morgan fingerprint density at radius 2 is 1.83 bits per heavy atom. The summed E-state index contributed by atoms with van der Waals surface area (Å²) in [5.74, 6) is -0.193. The fourth-order valence-corrected chi connectivity index (χ4v) is 2.89. The Bertz CT molecular complexity index is 651. The summed E-state index contributed by atoms with van der Waals surface area (Å²) in [7, 11) is 2.06. The van der Waals surface area contributed by atoms with Gasteiger partial charge in [0, 0.05) is 32.4 Å². The van der Waals surface area contributed by atoms with Gasteiger partial charge in [0.1, 0.15) is 5.82 Å². The molecule has 2 aromatic carbocycles. The highest BCUT2D eigenvalue weighted by Crippen LogP contribution is 2.33. The van der Waals surface area contributed by atoms with Crippen molar-refractivity contribution in [2.75, 3.05) is 35.7 Å². The smallest absolute Gasteiger partial charge is 0.125 e. The van der Waals surface area contributed by atoms with Crippen LogP contribution in [0.1, 0.15) is 12.0 Å². The maximum absolute atomic E-state index is 13.7. The van der Waals surface area contributed by atoms with Gasteiger partial charge in [0.2, 0.25) is 0 Å². The van der Waals surface area contributed by atoms with Gasteiger partial charge in [0.15, 0.2) is 0 Å². The van der Waals surface area contributed by atoms with Crippen molar-refractivity contribution >= 4 is 41.9 Å². The zero-order valence-electron chi connectivity index (χ0n) is 13.0. The Morgan fingerprint density at radius 1 is 1.04 bits per heavy atom. The third-order valence-electron chi connectivity index (χ3n) is 3.94. The van der Waals surface area contributed by atoms with Crippen molar-refractivity contribution in [2.24, 2.45) is 0 Å². The minimum absolute atomic E-state index is 0. The van der Waals surface area contributed by atoms with Crippen LogP contribution in [0, 0.1) is 5.82 Å². The van der Waals surface area contributed by atoms with E-state index in [9.17, 15) is 4.39 Å². The number of nitrogens with zero attached hydrogens (tertiary/aromatic N) is 2. The van der Waals surface area contributed by atoms with Crippen molar-refractivity contribution in [3.05, 3.63) is 53.8 Å². The van der Waals surface area contributed by atoms with Crippen LogP contribution in [-0.4, -0.2) is 20.1 Å². The summed E-state index contributed by atoms with van der Waals surface area (Å²) in [6.45, 7) is 2.64. The molecule has 0 aliphatic carbocycles. The van der Waals surface area contributed by atoms with Crippen LogP contribution in [-0.2, 0) is 6.54 Å². The van der Waals surface area contributed by atoms with Gasteiger partial charge in [-0.2, -0.15) is 0 Å². The lowest BCUT2D eigenvalue weighted by molar-refractivity contribution is 0.626. The van der Waals surface area contributed by atoms with E-state index in [1.807, 2.05) is 24.3 Å². The first kappa shape index (κ1) is 19.4. The summed E-state index contributed by atoms with van der Waals surface area (Å²) < 4.78 is 13.7. The Balaban J connectivity index is 0.00000132. The average Bonchev–Trinajstić information content (AvgIpc) is 2.59. The molecule has 2 aromatic rings. The first-order valence-corrected chi connectivity index (χ1v) is 7.23. The van der Waals surface area contributed by atoms with E-state index in [1.165, 1.54) is 6.07 Å². The van der Waals surface area contributed by atoms with Gasteiger partial charge < -0.3 is 15.5 Å². The second kappa shape index (κ2) is 8.27. The topological polar surface area (TPSA) is 32.5 Å². The number of anilines is 3. The predicted molar refractivity (Wildman–Crippen MR) is 101 cm³/mol. The normalized spacial score (nSPS) is 13.5. The molecule has 0 atom stereocenters. The molecule has 0 saturated carbocycles. The van der Waals surface area contributed by atoms with E-state index >= 15 is 0 Å². The Labute approximate surface area is 149 Å². The molecular weight excluding hydrogens is 336 g/mol. The summed E-state index contributed by atoms with van der Waals surface area (Å²) in [6, 6.07) is 12.9. The molecule has 0 fully saturated rings. The molecule has 3 nitrogen and oxygen atoms in total. The number of rotatable bonds is 2. The van der Waals surface area contributed by atoms with E-state index in [0.717, 1.165) is 48.7 Å². The third kappa shape index (κ3) is 4.43. The Kier molecular flexibility index (Phi) is 6.98. The van der Waals surface area contributed by atoms with Crippen molar-refractivity contribution in [1.82, 2.24) is 0 Å². The SMILES string of the molecule is CN1CCCN(Cc2cccc(N)c2)c2cc(F)ccc21.Cl.Cl. The van der Waals surface area contributed by atoms with Gasteiger partial charge in [-0.3, -0.25) is 0 Å². The van der Waals surface area contributed by atoms with Gasteiger partial charge in [0.05, 0.1) is 11.4 Å². The van der Waals surface area contributed by atoms with E-state index in [-0.39, 0.29) is 30.6 Å². The van der Waals surface area contributed by atoms with Crippen LogP contribution >= 0.6 is 24.8 Å². The summed E-state index contributed by atoms with van der Waals surface area (Å²) in [5.41, 5.74) is 9.80. The Morgan fingerprint density at radius 3 is 2.57 bits per heavy atom. The molecule has 0 bridgehead atoms. The number of halogens is 3. The number of nitrogen functional groups attached to an aromatic ring is 1. The van der Waals surface area contributed by atoms with Crippen LogP contribution in [0.25, 0.3) is 0 Å². The maximum Gasteiger partial charge on any atom is 0.125 e. The molecule has 0 amide bonds. The van der Waals surface area contributed by atoms with E-state index in [0.29, 0.717) is 0 Å². The lowest BCUT2D eigenvalue weighted by Gasteiger charge is -2.26. The number of hydrogen-bond acceptors (Lipinski definition) is 3. The molecule has 1 aliphatic rings. The maximum atomic E-state index is 13.7. The van der Waals surface area contributed by atoms with Crippen molar-refractivity contribution in [3.63, 3.8) is 0 Å². The van der Waals surface area contributed by atoms with Crippen LogP contribution in [0.5, 0.6) is 0 Å². The van der Waals surface area contributed by atoms with Crippen LogP contribution in [0.2, 0.25) is 0 Å². The standard InChI is InChI=1S/C17H20FN3.2ClH/c1-20-8-3-9-21(12-13-4-2-5-15(19)10-13)17-11-14(18)6-7-16(17)20;;/h2,4-7,10-11H,3,8-9,12,19H2,1H3;2*1H. The van der Waals surface area contributed by atoms with Gasteiger partial charge in [-0.05, 0) is 42.3 Å². The van der Waals surface area contributed by atoms with Gasteiger partial charge in [-0.1, -0.05) is 12.1 Å². The fourth-order valence-electron chi connectivity index (χ4n) is 2.89. The Hall–Kier alpha value is -1.65. The van der Waals surface area contributed by atoms with Crippen molar-refractivity contribution in [2.45, 2.75) is 13.0 Å². The molecule has 0 radical (unpaired) electrons. The molecule has 3 rings (SSSR count). The van der Waals surface area contributed by atoms with E-state index in [1.54, 1.807) is 6.07 Å². The van der Waals surface area contributed by atoms with Gasteiger partial charge >= 0.3 is 0 Å². The zero-order chi connectivity index (χ0) is 14.8. The van der Waals surface area contributed by atoms with E-state index < -0.39 is 0 Å². The van der Waals surface area contributed by atoms with Crippen molar-refractivity contribution < 1.29 is 4.39 Å². The summed E-state index contributed by atoms with van der Waals surface area (Å²) in [4.78, 5) is 4.42.